The number of ether oxygens (including phenoxy) is 4. The molecule has 0 saturated carbocycles. The first-order valence-electron chi connectivity index (χ1n) is 10.5. The standard InChI is InChI=1S/C26H26N2O6/c1-31-21-13-11-20(16-24(21)33-3)26(30)34-22-12-9-19(15-23(22)32-2)17-27-28-25(29)14-10-18-7-5-4-6-8-18/h4-9,11-13,15-17H,10,14H2,1-3H3,(H,28,29)/b27-17+. The molecule has 0 saturated heterocycles. The number of methoxy groups -OCH3 is 3. The van der Waals surface area contributed by atoms with Crippen LogP contribution in [-0.2, 0) is 11.2 Å². The van der Waals surface area contributed by atoms with Gasteiger partial charge in [0.25, 0.3) is 0 Å². The largest absolute Gasteiger partial charge is 0.493 e. The number of aryl methyl sites for hydroxylation is 1. The first-order chi connectivity index (χ1) is 16.5. The number of carbonyl (C=O) groups excluding carboxylic acids is 2. The van der Waals surface area contributed by atoms with Gasteiger partial charge >= 0.3 is 5.97 Å². The van der Waals surface area contributed by atoms with Crippen molar-refractivity contribution in [3.05, 3.63) is 83.4 Å². The van der Waals surface area contributed by atoms with Crippen molar-refractivity contribution >= 4 is 18.1 Å². The topological polar surface area (TPSA) is 95.5 Å². The molecule has 8 nitrogen and oxygen atoms in total. The van der Waals surface area contributed by atoms with Gasteiger partial charge in [0.15, 0.2) is 23.0 Å². The summed E-state index contributed by atoms with van der Waals surface area (Å²) >= 11 is 0. The minimum Gasteiger partial charge on any atom is -0.493 e. The van der Waals surface area contributed by atoms with E-state index in [1.54, 1.807) is 30.3 Å². The van der Waals surface area contributed by atoms with E-state index >= 15 is 0 Å². The number of rotatable bonds is 10. The fraction of sp³-hybridized carbons (Fsp3) is 0.192. The van der Waals surface area contributed by atoms with Crippen LogP contribution in [0.15, 0.2) is 71.8 Å². The number of nitrogens with zero attached hydrogens (tertiary/aromatic N) is 1. The lowest BCUT2D eigenvalue weighted by Gasteiger charge is -2.11. The number of hydrogen-bond donors (Lipinski definition) is 1. The molecule has 8 heteroatoms. The van der Waals surface area contributed by atoms with E-state index in [1.165, 1.54) is 33.6 Å². The molecule has 34 heavy (non-hydrogen) atoms. The van der Waals surface area contributed by atoms with Crippen molar-refractivity contribution in [3.8, 4) is 23.0 Å². The van der Waals surface area contributed by atoms with Gasteiger partial charge in [-0.1, -0.05) is 30.3 Å². The van der Waals surface area contributed by atoms with Crippen LogP contribution in [0.4, 0.5) is 0 Å². The van der Waals surface area contributed by atoms with Crippen LogP contribution in [0.2, 0.25) is 0 Å². The van der Waals surface area contributed by atoms with Crippen LogP contribution in [0.25, 0.3) is 0 Å². The Bertz CT molecular complexity index is 1160. The monoisotopic (exact) mass is 462 g/mol. The van der Waals surface area contributed by atoms with Gasteiger partial charge in [0.1, 0.15) is 0 Å². The zero-order chi connectivity index (χ0) is 24.3. The molecule has 0 bridgehead atoms. The van der Waals surface area contributed by atoms with E-state index in [1.807, 2.05) is 30.3 Å². The fourth-order valence-electron chi connectivity index (χ4n) is 3.11. The maximum Gasteiger partial charge on any atom is 0.343 e. The van der Waals surface area contributed by atoms with Crippen LogP contribution < -0.4 is 24.4 Å². The SMILES string of the molecule is COc1ccc(C(=O)Oc2ccc(/C=N/NC(=O)CCc3ccccc3)cc2OC)cc1OC. The second kappa shape index (κ2) is 12.1. The van der Waals surface area contributed by atoms with Gasteiger partial charge in [-0.15, -0.1) is 0 Å². The summed E-state index contributed by atoms with van der Waals surface area (Å²) < 4.78 is 21.3. The minimum absolute atomic E-state index is 0.187. The van der Waals surface area contributed by atoms with E-state index in [-0.39, 0.29) is 11.7 Å². The molecule has 0 heterocycles. The maximum atomic E-state index is 12.6. The molecule has 0 atom stereocenters. The van der Waals surface area contributed by atoms with Gasteiger partial charge in [-0.05, 0) is 53.9 Å². The van der Waals surface area contributed by atoms with Crippen molar-refractivity contribution in [2.24, 2.45) is 5.10 Å². The summed E-state index contributed by atoms with van der Waals surface area (Å²) in [5.74, 6) is 0.743. The summed E-state index contributed by atoms with van der Waals surface area (Å²) in [4.78, 5) is 24.6. The fourth-order valence-corrected chi connectivity index (χ4v) is 3.11. The van der Waals surface area contributed by atoms with Gasteiger partial charge in [-0.3, -0.25) is 4.79 Å². The summed E-state index contributed by atoms with van der Waals surface area (Å²) in [6, 6.07) is 19.4. The molecule has 0 spiro atoms. The van der Waals surface area contributed by atoms with Crippen molar-refractivity contribution in [1.82, 2.24) is 5.43 Å². The van der Waals surface area contributed by atoms with Crippen molar-refractivity contribution in [2.75, 3.05) is 21.3 Å². The van der Waals surface area contributed by atoms with E-state index in [0.29, 0.717) is 41.2 Å². The zero-order valence-corrected chi connectivity index (χ0v) is 19.2. The Hall–Kier alpha value is -4.33. The van der Waals surface area contributed by atoms with Gasteiger partial charge in [0, 0.05) is 6.42 Å². The predicted molar refractivity (Wildman–Crippen MR) is 128 cm³/mol. The van der Waals surface area contributed by atoms with E-state index in [0.717, 1.165) is 5.56 Å². The van der Waals surface area contributed by atoms with Crippen molar-refractivity contribution in [1.29, 1.82) is 0 Å². The Morgan fingerprint density at radius 3 is 2.21 bits per heavy atom. The summed E-state index contributed by atoms with van der Waals surface area (Å²) in [5, 5.41) is 3.99. The van der Waals surface area contributed by atoms with Crippen LogP contribution in [0.5, 0.6) is 23.0 Å². The number of nitrogens with one attached hydrogen (secondary N) is 1. The van der Waals surface area contributed by atoms with E-state index < -0.39 is 5.97 Å². The summed E-state index contributed by atoms with van der Waals surface area (Å²) in [5.41, 5.74) is 4.55. The predicted octanol–water partition coefficient (Wildman–Crippen LogP) is 4.01. The highest BCUT2D eigenvalue weighted by molar-refractivity contribution is 5.92. The van der Waals surface area contributed by atoms with E-state index in [2.05, 4.69) is 10.5 Å². The van der Waals surface area contributed by atoms with E-state index in [4.69, 9.17) is 18.9 Å². The molecule has 0 unspecified atom stereocenters. The Balaban J connectivity index is 1.60. The number of benzene rings is 3. The highest BCUT2D eigenvalue weighted by Gasteiger charge is 2.15. The Morgan fingerprint density at radius 1 is 0.824 bits per heavy atom. The molecule has 1 amide bonds. The number of carbonyl (C=O) groups is 2. The third kappa shape index (κ3) is 6.59. The average molecular weight is 463 g/mol. The smallest absolute Gasteiger partial charge is 0.343 e. The molecular weight excluding hydrogens is 436 g/mol. The van der Waals surface area contributed by atoms with Gasteiger partial charge < -0.3 is 18.9 Å². The summed E-state index contributed by atoms with van der Waals surface area (Å²) in [6.45, 7) is 0. The first kappa shape index (κ1) is 24.3. The summed E-state index contributed by atoms with van der Waals surface area (Å²) in [7, 11) is 4.47. The molecule has 0 aromatic heterocycles. The second-order valence-corrected chi connectivity index (χ2v) is 7.15. The number of hydrogen-bond acceptors (Lipinski definition) is 7. The van der Waals surface area contributed by atoms with Gasteiger partial charge in [0.2, 0.25) is 5.91 Å². The first-order valence-corrected chi connectivity index (χ1v) is 10.5. The molecular formula is C26H26N2O6. The molecule has 0 aliphatic rings. The van der Waals surface area contributed by atoms with E-state index in [9.17, 15) is 9.59 Å². The van der Waals surface area contributed by atoms with Gasteiger partial charge in [-0.2, -0.15) is 5.10 Å². The number of hydrazone groups is 1. The van der Waals surface area contributed by atoms with Crippen molar-refractivity contribution < 1.29 is 28.5 Å². The van der Waals surface area contributed by atoms with Gasteiger partial charge in [0.05, 0.1) is 33.1 Å². The van der Waals surface area contributed by atoms with Gasteiger partial charge in [-0.25, -0.2) is 10.2 Å². The van der Waals surface area contributed by atoms with Crippen LogP contribution in [0.3, 0.4) is 0 Å². The number of esters is 1. The Kier molecular flexibility index (Phi) is 8.62. The lowest BCUT2D eigenvalue weighted by atomic mass is 10.1. The third-order valence-electron chi connectivity index (χ3n) is 4.90. The molecule has 1 N–H and O–H groups in total. The van der Waals surface area contributed by atoms with Crippen LogP contribution in [0.1, 0.15) is 27.9 Å². The molecule has 0 radical (unpaired) electrons. The third-order valence-corrected chi connectivity index (χ3v) is 4.90. The van der Waals surface area contributed by atoms with Crippen LogP contribution >= 0.6 is 0 Å². The molecule has 3 rings (SSSR count). The molecule has 3 aromatic carbocycles. The molecule has 0 aliphatic heterocycles. The molecule has 176 valence electrons. The lowest BCUT2D eigenvalue weighted by Crippen LogP contribution is -2.17. The number of amides is 1. The lowest BCUT2D eigenvalue weighted by molar-refractivity contribution is -0.121. The van der Waals surface area contributed by atoms with Crippen molar-refractivity contribution in [3.63, 3.8) is 0 Å². The van der Waals surface area contributed by atoms with Crippen molar-refractivity contribution in [2.45, 2.75) is 12.8 Å². The van der Waals surface area contributed by atoms with Crippen LogP contribution in [-0.4, -0.2) is 39.4 Å². The molecule has 0 fully saturated rings. The minimum atomic E-state index is -0.577. The second-order valence-electron chi connectivity index (χ2n) is 7.15. The normalized spacial score (nSPS) is 10.6. The average Bonchev–Trinajstić information content (AvgIpc) is 2.88. The van der Waals surface area contributed by atoms with Crippen LogP contribution in [0, 0.1) is 0 Å². The highest BCUT2D eigenvalue weighted by atomic mass is 16.6. The Morgan fingerprint density at radius 2 is 1.50 bits per heavy atom. The molecule has 0 aliphatic carbocycles. The molecule has 3 aromatic rings. The maximum absolute atomic E-state index is 12.6. The summed E-state index contributed by atoms with van der Waals surface area (Å²) in [6.07, 6.45) is 2.45. The zero-order valence-electron chi connectivity index (χ0n) is 19.2. The quantitative estimate of drug-likeness (QED) is 0.212. The highest BCUT2D eigenvalue weighted by Crippen LogP contribution is 2.31. The Labute approximate surface area is 198 Å².